The monoisotopic (exact) mass is 456 g/mol. The van der Waals surface area contributed by atoms with Gasteiger partial charge in [0, 0.05) is 29.1 Å². The summed E-state index contributed by atoms with van der Waals surface area (Å²) in [6, 6.07) is 18.8. The maximum Gasteiger partial charge on any atom is 0.251 e. The van der Waals surface area contributed by atoms with Crippen molar-refractivity contribution in [2.24, 2.45) is 0 Å². The molecular formula is C23H24N2O4S2. The summed E-state index contributed by atoms with van der Waals surface area (Å²) in [6.45, 7) is -0.00460. The van der Waals surface area contributed by atoms with Gasteiger partial charge in [-0.25, -0.2) is 8.42 Å². The smallest absolute Gasteiger partial charge is 0.251 e. The van der Waals surface area contributed by atoms with Gasteiger partial charge in [-0.2, -0.15) is 0 Å². The normalized spacial score (nSPS) is 11.1. The van der Waals surface area contributed by atoms with Gasteiger partial charge in [0.05, 0.1) is 10.6 Å². The standard InChI is InChI=1S/C23H24N2O4S2/c26-22(13-5-9-20-10-6-15-30-20)25-19-8-4-7-18(17-19)23(27)24-14-16-31(28,29)21-11-2-1-3-12-21/h1-4,6-8,10-12,15,17H,5,9,13-14,16H2,(H,24,27)(H,25,26). The third kappa shape index (κ3) is 7.04. The molecule has 0 radical (unpaired) electrons. The van der Waals surface area contributed by atoms with E-state index in [9.17, 15) is 18.0 Å². The van der Waals surface area contributed by atoms with Crippen molar-refractivity contribution >= 4 is 38.7 Å². The van der Waals surface area contributed by atoms with Crippen molar-refractivity contribution in [3.8, 4) is 0 Å². The van der Waals surface area contributed by atoms with Gasteiger partial charge in [0.25, 0.3) is 5.91 Å². The molecule has 0 saturated heterocycles. The molecule has 8 heteroatoms. The zero-order chi connectivity index (χ0) is 22.1. The number of thiophene rings is 1. The second-order valence-corrected chi connectivity index (χ2v) is 10.1. The second kappa shape index (κ2) is 10.9. The number of sulfone groups is 1. The van der Waals surface area contributed by atoms with Gasteiger partial charge >= 0.3 is 0 Å². The highest BCUT2D eigenvalue weighted by molar-refractivity contribution is 7.91. The number of nitrogens with one attached hydrogen (secondary N) is 2. The Morgan fingerprint density at radius 3 is 2.48 bits per heavy atom. The van der Waals surface area contributed by atoms with E-state index in [4.69, 9.17) is 0 Å². The fourth-order valence-corrected chi connectivity index (χ4v) is 4.92. The van der Waals surface area contributed by atoms with Crippen molar-refractivity contribution in [1.29, 1.82) is 0 Å². The van der Waals surface area contributed by atoms with Gasteiger partial charge < -0.3 is 10.6 Å². The molecule has 3 rings (SSSR count). The lowest BCUT2D eigenvalue weighted by molar-refractivity contribution is -0.116. The number of carbonyl (C=O) groups is 2. The molecule has 1 heterocycles. The SMILES string of the molecule is O=C(CCCc1cccs1)Nc1cccc(C(=O)NCCS(=O)(=O)c2ccccc2)c1. The maximum absolute atomic E-state index is 12.4. The van der Waals surface area contributed by atoms with Crippen LogP contribution >= 0.6 is 11.3 Å². The van der Waals surface area contributed by atoms with E-state index in [-0.39, 0.29) is 23.1 Å². The predicted octanol–water partition coefficient (Wildman–Crippen LogP) is 3.91. The van der Waals surface area contributed by atoms with Gasteiger partial charge in [-0.3, -0.25) is 9.59 Å². The van der Waals surface area contributed by atoms with Gasteiger partial charge in [-0.1, -0.05) is 30.3 Å². The third-order valence-corrected chi connectivity index (χ3v) is 7.24. The minimum Gasteiger partial charge on any atom is -0.351 e. The molecule has 0 spiro atoms. The molecule has 0 bridgehead atoms. The van der Waals surface area contributed by atoms with Crippen LogP contribution in [0.3, 0.4) is 0 Å². The molecule has 1 aromatic heterocycles. The zero-order valence-corrected chi connectivity index (χ0v) is 18.5. The minimum atomic E-state index is -3.46. The first-order valence-electron chi connectivity index (χ1n) is 9.92. The first-order chi connectivity index (χ1) is 14.9. The molecule has 2 aromatic carbocycles. The molecule has 0 fully saturated rings. The van der Waals surface area contributed by atoms with E-state index in [0.29, 0.717) is 17.7 Å². The Labute approximate surface area is 186 Å². The molecule has 0 aliphatic carbocycles. The number of carbonyl (C=O) groups excluding carboxylic acids is 2. The van der Waals surface area contributed by atoms with Crippen LogP contribution in [0.15, 0.2) is 77.0 Å². The third-order valence-electron chi connectivity index (χ3n) is 4.57. The molecule has 162 valence electrons. The van der Waals surface area contributed by atoms with Crippen molar-refractivity contribution in [2.75, 3.05) is 17.6 Å². The Bertz CT molecular complexity index is 1110. The summed E-state index contributed by atoms with van der Waals surface area (Å²) in [7, 11) is -3.46. The molecule has 3 aromatic rings. The van der Waals surface area contributed by atoms with Crippen LogP contribution in [0.4, 0.5) is 5.69 Å². The summed E-state index contributed by atoms with van der Waals surface area (Å²) >= 11 is 1.68. The molecular weight excluding hydrogens is 432 g/mol. The quantitative estimate of drug-likeness (QED) is 0.484. The lowest BCUT2D eigenvalue weighted by Gasteiger charge is -2.09. The maximum atomic E-state index is 12.4. The number of amides is 2. The molecule has 6 nitrogen and oxygen atoms in total. The molecule has 2 N–H and O–H groups in total. The van der Waals surface area contributed by atoms with E-state index in [1.165, 1.54) is 17.0 Å². The lowest BCUT2D eigenvalue weighted by Crippen LogP contribution is -2.29. The molecule has 2 amide bonds. The minimum absolute atomic E-state index is 0.00460. The van der Waals surface area contributed by atoms with Crippen LogP contribution in [0.25, 0.3) is 0 Å². The molecule has 0 aliphatic heterocycles. The Balaban J connectivity index is 1.47. The molecule has 31 heavy (non-hydrogen) atoms. The van der Waals surface area contributed by atoms with E-state index in [1.54, 1.807) is 53.8 Å². The van der Waals surface area contributed by atoms with Crippen molar-refractivity contribution in [1.82, 2.24) is 5.32 Å². The van der Waals surface area contributed by atoms with Crippen molar-refractivity contribution < 1.29 is 18.0 Å². The summed E-state index contributed by atoms with van der Waals surface area (Å²) in [5.74, 6) is -0.691. The topological polar surface area (TPSA) is 92.3 Å². The number of hydrogen-bond acceptors (Lipinski definition) is 5. The van der Waals surface area contributed by atoms with Crippen LogP contribution in [-0.4, -0.2) is 32.5 Å². The van der Waals surface area contributed by atoms with Crippen LogP contribution in [0.2, 0.25) is 0 Å². The first-order valence-corrected chi connectivity index (χ1v) is 12.5. The number of aryl methyl sites for hydroxylation is 1. The van der Waals surface area contributed by atoms with Crippen LogP contribution in [0.1, 0.15) is 28.1 Å². The number of hydrogen-bond donors (Lipinski definition) is 2. The summed E-state index contributed by atoms with van der Waals surface area (Å²) < 4.78 is 24.6. The molecule has 0 atom stereocenters. The van der Waals surface area contributed by atoms with Crippen LogP contribution in [0, 0.1) is 0 Å². The highest BCUT2D eigenvalue weighted by atomic mass is 32.2. The zero-order valence-electron chi connectivity index (χ0n) is 16.9. The fourth-order valence-electron chi connectivity index (χ4n) is 2.99. The van der Waals surface area contributed by atoms with E-state index in [0.717, 1.165) is 12.8 Å². The van der Waals surface area contributed by atoms with Crippen LogP contribution in [-0.2, 0) is 21.1 Å². The Hall–Kier alpha value is -2.97. The largest absolute Gasteiger partial charge is 0.351 e. The highest BCUT2D eigenvalue weighted by Gasteiger charge is 2.15. The lowest BCUT2D eigenvalue weighted by atomic mass is 10.1. The van der Waals surface area contributed by atoms with E-state index >= 15 is 0 Å². The predicted molar refractivity (Wildman–Crippen MR) is 123 cm³/mol. The average Bonchev–Trinajstić information content (AvgIpc) is 3.28. The van der Waals surface area contributed by atoms with E-state index < -0.39 is 15.7 Å². The second-order valence-electron chi connectivity index (χ2n) is 6.95. The van der Waals surface area contributed by atoms with Crippen molar-refractivity contribution in [3.05, 3.63) is 82.6 Å². The van der Waals surface area contributed by atoms with E-state index in [1.807, 2.05) is 11.4 Å². The summed E-state index contributed by atoms with van der Waals surface area (Å²) in [4.78, 5) is 26.0. The van der Waals surface area contributed by atoms with Crippen LogP contribution in [0.5, 0.6) is 0 Å². The summed E-state index contributed by atoms with van der Waals surface area (Å²) in [5, 5.41) is 7.45. The van der Waals surface area contributed by atoms with Gasteiger partial charge in [0.15, 0.2) is 9.84 Å². The van der Waals surface area contributed by atoms with Gasteiger partial charge in [-0.05, 0) is 54.6 Å². The highest BCUT2D eigenvalue weighted by Crippen LogP contribution is 2.14. The van der Waals surface area contributed by atoms with Gasteiger partial charge in [-0.15, -0.1) is 11.3 Å². The van der Waals surface area contributed by atoms with Gasteiger partial charge in [0.2, 0.25) is 5.91 Å². The summed E-state index contributed by atoms with van der Waals surface area (Å²) in [6.07, 6.45) is 2.01. The molecule has 0 unspecified atom stereocenters. The van der Waals surface area contributed by atoms with Crippen molar-refractivity contribution in [3.63, 3.8) is 0 Å². The number of rotatable bonds is 10. The van der Waals surface area contributed by atoms with Crippen molar-refractivity contribution in [2.45, 2.75) is 24.2 Å². The Kier molecular flexibility index (Phi) is 7.97. The summed E-state index contributed by atoms with van der Waals surface area (Å²) in [5.41, 5.74) is 0.888. The van der Waals surface area contributed by atoms with Crippen LogP contribution < -0.4 is 10.6 Å². The van der Waals surface area contributed by atoms with Gasteiger partial charge in [0.1, 0.15) is 0 Å². The Morgan fingerprint density at radius 2 is 1.74 bits per heavy atom. The average molecular weight is 457 g/mol. The molecule has 0 aliphatic rings. The molecule has 0 saturated carbocycles. The Morgan fingerprint density at radius 1 is 0.935 bits per heavy atom. The first kappa shape index (κ1) is 22.7. The fraction of sp³-hybridized carbons (Fsp3) is 0.217. The number of benzene rings is 2. The van der Waals surface area contributed by atoms with E-state index in [2.05, 4.69) is 16.7 Å². The number of anilines is 1.